The van der Waals surface area contributed by atoms with Crippen LogP contribution >= 0.6 is 15.9 Å². The summed E-state index contributed by atoms with van der Waals surface area (Å²) in [6, 6.07) is 5.33. The molecule has 2 atom stereocenters. The molecule has 20 heavy (non-hydrogen) atoms. The van der Waals surface area contributed by atoms with Crippen LogP contribution in [0.15, 0.2) is 22.7 Å². The Morgan fingerprint density at radius 1 is 1.45 bits per heavy atom. The number of morpholine rings is 1. The molecule has 0 spiro atoms. The molecule has 0 saturated carbocycles. The van der Waals surface area contributed by atoms with Gasteiger partial charge in [0, 0.05) is 23.2 Å². The standard InChI is InChI=1S/C14H20BrN3O2/c1-9-6-18(7-10(2)20-9)8-14(19)17-13-4-3-11(16)5-12(13)15/h3-5,9-10H,6-8,16H2,1-2H3,(H,17,19)/t9-,10+. The molecule has 1 aliphatic rings. The molecule has 5 nitrogen and oxygen atoms in total. The zero-order valence-corrected chi connectivity index (χ0v) is 13.3. The van der Waals surface area contributed by atoms with Gasteiger partial charge in [-0.3, -0.25) is 9.69 Å². The van der Waals surface area contributed by atoms with Crippen molar-refractivity contribution in [2.45, 2.75) is 26.1 Å². The van der Waals surface area contributed by atoms with Gasteiger partial charge in [0.15, 0.2) is 0 Å². The van der Waals surface area contributed by atoms with Crippen LogP contribution in [0.3, 0.4) is 0 Å². The number of nitrogens with one attached hydrogen (secondary N) is 1. The van der Waals surface area contributed by atoms with Crippen molar-refractivity contribution in [3.8, 4) is 0 Å². The summed E-state index contributed by atoms with van der Waals surface area (Å²) in [5.41, 5.74) is 7.07. The van der Waals surface area contributed by atoms with Crippen molar-refractivity contribution in [3.63, 3.8) is 0 Å². The molecule has 6 heteroatoms. The Morgan fingerprint density at radius 3 is 2.70 bits per heavy atom. The first-order chi connectivity index (χ1) is 9.44. The maximum atomic E-state index is 12.1. The van der Waals surface area contributed by atoms with E-state index in [9.17, 15) is 4.79 Å². The molecule has 0 bridgehead atoms. The van der Waals surface area contributed by atoms with Gasteiger partial charge in [0.2, 0.25) is 5.91 Å². The molecular weight excluding hydrogens is 322 g/mol. The molecule has 0 aromatic heterocycles. The Bertz CT molecular complexity index is 485. The molecule has 0 radical (unpaired) electrons. The Kier molecular flexibility index (Phi) is 5.01. The SMILES string of the molecule is C[C@@H]1CN(CC(=O)Nc2ccc(N)cc2Br)C[C@H](C)O1. The third-order valence-electron chi connectivity index (χ3n) is 3.13. The molecule has 0 unspecified atom stereocenters. The number of halogens is 1. The Labute approximate surface area is 127 Å². The van der Waals surface area contributed by atoms with E-state index in [4.69, 9.17) is 10.5 Å². The highest BCUT2D eigenvalue weighted by Gasteiger charge is 2.23. The van der Waals surface area contributed by atoms with Crippen LogP contribution < -0.4 is 11.1 Å². The number of ether oxygens (including phenoxy) is 1. The van der Waals surface area contributed by atoms with E-state index in [1.54, 1.807) is 18.2 Å². The highest BCUT2D eigenvalue weighted by molar-refractivity contribution is 9.10. The van der Waals surface area contributed by atoms with Crippen molar-refractivity contribution in [2.75, 3.05) is 30.7 Å². The van der Waals surface area contributed by atoms with Gasteiger partial charge in [-0.1, -0.05) is 0 Å². The van der Waals surface area contributed by atoms with E-state index < -0.39 is 0 Å². The molecule has 0 aliphatic carbocycles. The number of nitrogen functional groups attached to an aromatic ring is 1. The summed E-state index contributed by atoms with van der Waals surface area (Å²) in [7, 11) is 0. The maximum absolute atomic E-state index is 12.1. The van der Waals surface area contributed by atoms with Gasteiger partial charge in [-0.05, 0) is 48.0 Å². The average molecular weight is 342 g/mol. The Morgan fingerprint density at radius 2 is 2.10 bits per heavy atom. The van der Waals surface area contributed by atoms with Crippen LogP contribution in [0.25, 0.3) is 0 Å². The molecule has 1 heterocycles. The molecule has 1 aliphatic heterocycles. The van der Waals surface area contributed by atoms with Crippen molar-refractivity contribution >= 4 is 33.2 Å². The summed E-state index contributed by atoms with van der Waals surface area (Å²) >= 11 is 3.39. The third-order valence-corrected chi connectivity index (χ3v) is 3.79. The lowest BCUT2D eigenvalue weighted by Crippen LogP contribution is -2.48. The molecule has 1 amide bonds. The number of nitrogens with two attached hydrogens (primary N) is 1. The van der Waals surface area contributed by atoms with Gasteiger partial charge in [0.25, 0.3) is 0 Å². The van der Waals surface area contributed by atoms with Crippen LogP contribution in [0.2, 0.25) is 0 Å². The minimum Gasteiger partial charge on any atom is -0.399 e. The maximum Gasteiger partial charge on any atom is 0.238 e. The van der Waals surface area contributed by atoms with Crippen LogP contribution in [0.5, 0.6) is 0 Å². The first kappa shape index (κ1) is 15.3. The minimum atomic E-state index is -0.0308. The van der Waals surface area contributed by atoms with Gasteiger partial charge in [0.05, 0.1) is 24.4 Å². The summed E-state index contributed by atoms with van der Waals surface area (Å²) in [5.74, 6) is -0.0308. The van der Waals surface area contributed by atoms with Gasteiger partial charge in [0.1, 0.15) is 0 Å². The highest BCUT2D eigenvalue weighted by atomic mass is 79.9. The van der Waals surface area contributed by atoms with Crippen molar-refractivity contribution in [3.05, 3.63) is 22.7 Å². The lowest BCUT2D eigenvalue weighted by molar-refractivity contribution is -0.121. The molecule has 3 N–H and O–H groups in total. The minimum absolute atomic E-state index is 0.0308. The zero-order valence-electron chi connectivity index (χ0n) is 11.7. The molecule has 1 fully saturated rings. The van der Waals surface area contributed by atoms with Gasteiger partial charge in [-0.25, -0.2) is 0 Å². The fourth-order valence-corrected chi connectivity index (χ4v) is 2.93. The number of amides is 1. The lowest BCUT2D eigenvalue weighted by Gasteiger charge is -2.34. The largest absolute Gasteiger partial charge is 0.399 e. The zero-order chi connectivity index (χ0) is 14.7. The first-order valence-electron chi connectivity index (χ1n) is 6.66. The number of carbonyl (C=O) groups is 1. The van der Waals surface area contributed by atoms with Crippen LogP contribution in [-0.2, 0) is 9.53 Å². The van der Waals surface area contributed by atoms with E-state index in [2.05, 4.69) is 26.1 Å². The molecule has 1 aromatic rings. The van der Waals surface area contributed by atoms with Gasteiger partial charge in [-0.15, -0.1) is 0 Å². The number of rotatable bonds is 3. The van der Waals surface area contributed by atoms with E-state index in [0.29, 0.717) is 12.2 Å². The van der Waals surface area contributed by atoms with E-state index in [1.807, 2.05) is 13.8 Å². The molecule has 2 rings (SSSR count). The number of benzene rings is 1. The van der Waals surface area contributed by atoms with E-state index >= 15 is 0 Å². The van der Waals surface area contributed by atoms with Crippen LogP contribution in [0.1, 0.15) is 13.8 Å². The monoisotopic (exact) mass is 341 g/mol. The summed E-state index contributed by atoms with van der Waals surface area (Å²) in [5, 5.41) is 2.89. The number of hydrogen-bond acceptors (Lipinski definition) is 4. The number of carbonyl (C=O) groups excluding carboxylic acids is 1. The molecule has 1 saturated heterocycles. The number of anilines is 2. The van der Waals surface area contributed by atoms with Crippen LogP contribution in [0, 0.1) is 0 Å². The normalized spacial score (nSPS) is 23.6. The van der Waals surface area contributed by atoms with Gasteiger partial charge >= 0.3 is 0 Å². The van der Waals surface area contributed by atoms with E-state index in [0.717, 1.165) is 23.2 Å². The lowest BCUT2D eigenvalue weighted by atomic mass is 10.2. The predicted octanol–water partition coefficient (Wildman–Crippen LogP) is 2.08. The summed E-state index contributed by atoms with van der Waals surface area (Å²) in [6.07, 6.45) is 0.324. The quantitative estimate of drug-likeness (QED) is 0.826. The summed E-state index contributed by atoms with van der Waals surface area (Å²) in [6.45, 7) is 5.98. The molecule has 110 valence electrons. The second-order valence-electron chi connectivity index (χ2n) is 5.24. The second-order valence-corrected chi connectivity index (χ2v) is 6.09. The Hall–Kier alpha value is -1.11. The van der Waals surface area contributed by atoms with Crippen LogP contribution in [0.4, 0.5) is 11.4 Å². The Balaban J connectivity index is 1.92. The number of hydrogen-bond donors (Lipinski definition) is 2. The van der Waals surface area contributed by atoms with Crippen LogP contribution in [-0.4, -0.2) is 42.6 Å². The average Bonchev–Trinajstić information content (AvgIpc) is 2.31. The van der Waals surface area contributed by atoms with E-state index in [1.165, 1.54) is 0 Å². The fraction of sp³-hybridized carbons (Fsp3) is 0.500. The van der Waals surface area contributed by atoms with Crippen molar-refractivity contribution < 1.29 is 9.53 Å². The first-order valence-corrected chi connectivity index (χ1v) is 7.46. The topological polar surface area (TPSA) is 67.6 Å². The third kappa shape index (κ3) is 4.19. The summed E-state index contributed by atoms with van der Waals surface area (Å²) in [4.78, 5) is 14.2. The van der Waals surface area contributed by atoms with Crippen molar-refractivity contribution in [1.82, 2.24) is 4.90 Å². The van der Waals surface area contributed by atoms with Gasteiger partial charge < -0.3 is 15.8 Å². The predicted molar refractivity (Wildman–Crippen MR) is 83.6 cm³/mol. The summed E-state index contributed by atoms with van der Waals surface area (Å²) < 4.78 is 6.44. The highest BCUT2D eigenvalue weighted by Crippen LogP contribution is 2.24. The van der Waals surface area contributed by atoms with Crippen molar-refractivity contribution in [2.24, 2.45) is 0 Å². The molecule has 1 aromatic carbocycles. The van der Waals surface area contributed by atoms with Gasteiger partial charge in [-0.2, -0.15) is 0 Å². The van der Waals surface area contributed by atoms with E-state index in [-0.39, 0.29) is 18.1 Å². The smallest absolute Gasteiger partial charge is 0.238 e. The fourth-order valence-electron chi connectivity index (χ4n) is 2.44. The van der Waals surface area contributed by atoms with Crippen molar-refractivity contribution in [1.29, 1.82) is 0 Å². The second kappa shape index (κ2) is 6.56. The number of nitrogens with zero attached hydrogens (tertiary/aromatic N) is 1. The molecular formula is C14H20BrN3O2.